The van der Waals surface area contributed by atoms with Crippen molar-refractivity contribution in [3.05, 3.63) is 34.6 Å². The third kappa shape index (κ3) is 3.76. The van der Waals surface area contributed by atoms with Crippen LogP contribution in [0.1, 0.15) is 26.3 Å². The monoisotopic (exact) mass is 243 g/mol. The minimum absolute atomic E-state index is 0.191. The van der Waals surface area contributed by atoms with Crippen LogP contribution in [0.25, 0.3) is 0 Å². The fourth-order valence-electron chi connectivity index (χ4n) is 1.74. The lowest BCUT2D eigenvalue weighted by Crippen LogP contribution is -2.32. The lowest BCUT2D eigenvalue weighted by Gasteiger charge is -2.20. The molecule has 0 aliphatic carbocycles. The minimum atomic E-state index is -0.331. The molecule has 0 heterocycles. The molecule has 0 aliphatic rings. The number of hydrogen-bond donors (Lipinski definition) is 1. The number of rotatable bonds is 5. The Morgan fingerprint density at radius 3 is 2.62 bits per heavy atom. The SMILES string of the molecule is CCNC(C)C(C)Cc1ccc(Cl)c(F)c1. The lowest BCUT2D eigenvalue weighted by atomic mass is 9.95. The molecule has 1 aromatic carbocycles. The maximum Gasteiger partial charge on any atom is 0.142 e. The molecule has 16 heavy (non-hydrogen) atoms. The number of halogens is 2. The van der Waals surface area contributed by atoms with E-state index in [1.165, 1.54) is 6.07 Å². The molecule has 1 aromatic rings. The van der Waals surface area contributed by atoms with E-state index in [-0.39, 0.29) is 10.8 Å². The predicted octanol–water partition coefficient (Wildman–Crippen LogP) is 3.66. The standard InChI is InChI=1S/C13H19ClFN/c1-4-16-10(3)9(2)7-11-5-6-12(14)13(15)8-11/h5-6,8-10,16H,4,7H2,1-3H3. The Morgan fingerprint density at radius 1 is 1.38 bits per heavy atom. The summed E-state index contributed by atoms with van der Waals surface area (Å²) in [6.07, 6.45) is 0.863. The molecule has 0 radical (unpaired) electrons. The van der Waals surface area contributed by atoms with Gasteiger partial charge in [0.25, 0.3) is 0 Å². The summed E-state index contributed by atoms with van der Waals surface area (Å²) in [7, 11) is 0. The Bertz CT molecular complexity index is 341. The van der Waals surface area contributed by atoms with Crippen molar-refractivity contribution in [2.45, 2.75) is 33.2 Å². The molecule has 0 bridgehead atoms. The van der Waals surface area contributed by atoms with E-state index in [1.807, 2.05) is 6.07 Å². The maximum absolute atomic E-state index is 13.2. The summed E-state index contributed by atoms with van der Waals surface area (Å²) in [6.45, 7) is 7.37. The van der Waals surface area contributed by atoms with Crippen LogP contribution in [0.15, 0.2) is 18.2 Å². The molecule has 0 spiro atoms. The molecule has 0 fully saturated rings. The molecule has 0 amide bonds. The molecular weight excluding hydrogens is 225 g/mol. The molecule has 0 saturated heterocycles. The summed E-state index contributed by atoms with van der Waals surface area (Å²) < 4.78 is 13.2. The Kier molecular flexibility index (Phi) is 5.23. The molecular formula is C13H19ClFN. The van der Waals surface area contributed by atoms with Gasteiger partial charge in [0.05, 0.1) is 5.02 Å². The van der Waals surface area contributed by atoms with Gasteiger partial charge in [-0.05, 0) is 43.5 Å². The van der Waals surface area contributed by atoms with Crippen LogP contribution in [-0.4, -0.2) is 12.6 Å². The fourth-order valence-corrected chi connectivity index (χ4v) is 1.86. The Labute approximate surface area is 102 Å². The first-order valence-corrected chi connectivity index (χ1v) is 6.09. The predicted molar refractivity (Wildman–Crippen MR) is 67.4 cm³/mol. The van der Waals surface area contributed by atoms with Crippen LogP contribution in [0.4, 0.5) is 4.39 Å². The van der Waals surface area contributed by atoms with Crippen molar-refractivity contribution in [3.8, 4) is 0 Å². The van der Waals surface area contributed by atoms with Crippen LogP contribution in [0.2, 0.25) is 5.02 Å². The van der Waals surface area contributed by atoms with Crippen LogP contribution in [0, 0.1) is 11.7 Å². The van der Waals surface area contributed by atoms with Gasteiger partial charge in [-0.2, -0.15) is 0 Å². The highest BCUT2D eigenvalue weighted by molar-refractivity contribution is 6.30. The van der Waals surface area contributed by atoms with E-state index >= 15 is 0 Å². The van der Waals surface area contributed by atoms with Crippen LogP contribution >= 0.6 is 11.6 Å². The van der Waals surface area contributed by atoms with Gasteiger partial charge < -0.3 is 5.32 Å². The van der Waals surface area contributed by atoms with Gasteiger partial charge in [0, 0.05) is 6.04 Å². The minimum Gasteiger partial charge on any atom is -0.314 e. The first kappa shape index (κ1) is 13.5. The van der Waals surface area contributed by atoms with Crippen molar-refractivity contribution in [1.82, 2.24) is 5.32 Å². The van der Waals surface area contributed by atoms with Crippen LogP contribution in [0.3, 0.4) is 0 Å². The zero-order valence-corrected chi connectivity index (χ0v) is 10.8. The molecule has 3 heteroatoms. The summed E-state index contributed by atoms with van der Waals surface area (Å²) in [5.41, 5.74) is 0.999. The zero-order valence-electron chi connectivity index (χ0n) is 10.1. The summed E-state index contributed by atoms with van der Waals surface area (Å²) in [5, 5.41) is 3.56. The van der Waals surface area contributed by atoms with Crippen molar-refractivity contribution in [1.29, 1.82) is 0 Å². The van der Waals surface area contributed by atoms with Crippen LogP contribution in [-0.2, 0) is 6.42 Å². The van der Waals surface area contributed by atoms with Gasteiger partial charge >= 0.3 is 0 Å². The fraction of sp³-hybridized carbons (Fsp3) is 0.538. The van der Waals surface area contributed by atoms with Gasteiger partial charge in [0.1, 0.15) is 5.82 Å². The van der Waals surface area contributed by atoms with Crippen LogP contribution < -0.4 is 5.32 Å². The Morgan fingerprint density at radius 2 is 2.06 bits per heavy atom. The van der Waals surface area contributed by atoms with E-state index in [2.05, 4.69) is 26.1 Å². The Balaban J connectivity index is 2.62. The van der Waals surface area contributed by atoms with Crippen molar-refractivity contribution < 1.29 is 4.39 Å². The second kappa shape index (κ2) is 6.21. The van der Waals surface area contributed by atoms with Gasteiger partial charge in [0.15, 0.2) is 0 Å². The van der Waals surface area contributed by atoms with Gasteiger partial charge in [-0.3, -0.25) is 0 Å². The molecule has 0 saturated carbocycles. The second-order valence-electron chi connectivity index (χ2n) is 4.28. The molecule has 90 valence electrons. The third-order valence-corrected chi connectivity index (χ3v) is 3.23. The van der Waals surface area contributed by atoms with Crippen molar-refractivity contribution in [2.75, 3.05) is 6.54 Å². The number of hydrogen-bond acceptors (Lipinski definition) is 1. The van der Waals surface area contributed by atoms with E-state index < -0.39 is 0 Å². The zero-order chi connectivity index (χ0) is 12.1. The molecule has 1 nitrogen and oxygen atoms in total. The molecule has 1 N–H and O–H groups in total. The highest BCUT2D eigenvalue weighted by Gasteiger charge is 2.12. The quantitative estimate of drug-likeness (QED) is 0.832. The van der Waals surface area contributed by atoms with Crippen molar-refractivity contribution in [3.63, 3.8) is 0 Å². The van der Waals surface area contributed by atoms with Crippen LogP contribution in [0.5, 0.6) is 0 Å². The molecule has 2 unspecified atom stereocenters. The summed E-state index contributed by atoms with van der Waals surface area (Å²) in [6, 6.07) is 5.47. The molecule has 1 rings (SSSR count). The lowest BCUT2D eigenvalue weighted by molar-refractivity contribution is 0.406. The molecule has 0 aromatic heterocycles. The smallest absolute Gasteiger partial charge is 0.142 e. The molecule has 2 atom stereocenters. The second-order valence-corrected chi connectivity index (χ2v) is 4.68. The van der Waals surface area contributed by atoms with E-state index in [0.29, 0.717) is 12.0 Å². The summed E-state index contributed by atoms with van der Waals surface area (Å²) in [5.74, 6) is 0.142. The molecule has 0 aliphatic heterocycles. The van der Waals surface area contributed by atoms with Gasteiger partial charge in [-0.15, -0.1) is 0 Å². The summed E-state index contributed by atoms with van der Waals surface area (Å²) >= 11 is 5.64. The van der Waals surface area contributed by atoms with Crippen molar-refractivity contribution in [2.24, 2.45) is 5.92 Å². The average Bonchev–Trinajstić information content (AvgIpc) is 2.24. The van der Waals surface area contributed by atoms with E-state index in [0.717, 1.165) is 18.5 Å². The third-order valence-electron chi connectivity index (χ3n) is 2.92. The number of nitrogens with one attached hydrogen (secondary N) is 1. The number of benzene rings is 1. The topological polar surface area (TPSA) is 12.0 Å². The Hall–Kier alpha value is -0.600. The highest BCUT2D eigenvalue weighted by atomic mass is 35.5. The van der Waals surface area contributed by atoms with Crippen molar-refractivity contribution >= 4 is 11.6 Å². The summed E-state index contributed by atoms with van der Waals surface area (Å²) in [4.78, 5) is 0. The van der Waals surface area contributed by atoms with Gasteiger partial charge in [-0.25, -0.2) is 4.39 Å². The van der Waals surface area contributed by atoms with E-state index in [4.69, 9.17) is 11.6 Å². The largest absolute Gasteiger partial charge is 0.314 e. The first-order valence-electron chi connectivity index (χ1n) is 5.72. The highest BCUT2D eigenvalue weighted by Crippen LogP contribution is 2.18. The van der Waals surface area contributed by atoms with Gasteiger partial charge in [-0.1, -0.05) is 31.5 Å². The maximum atomic E-state index is 13.2. The first-order chi connectivity index (χ1) is 7.54. The van der Waals surface area contributed by atoms with Gasteiger partial charge in [0.2, 0.25) is 0 Å². The van der Waals surface area contributed by atoms with E-state index in [9.17, 15) is 4.39 Å². The average molecular weight is 244 g/mol. The normalized spacial score (nSPS) is 14.8. The van der Waals surface area contributed by atoms with E-state index in [1.54, 1.807) is 6.07 Å².